The molecule has 0 saturated heterocycles. The summed E-state index contributed by atoms with van der Waals surface area (Å²) in [6.45, 7) is 4.09. The van der Waals surface area contributed by atoms with Gasteiger partial charge in [-0.05, 0) is 25.1 Å². The average molecular weight is 174 g/mol. The number of hydrogen-bond donors (Lipinski definition) is 0. The second-order valence-electron chi connectivity index (χ2n) is 2.91. The van der Waals surface area contributed by atoms with Gasteiger partial charge in [0.2, 0.25) is 5.70 Å². The van der Waals surface area contributed by atoms with Crippen molar-refractivity contribution in [3.8, 4) is 0 Å². The zero-order chi connectivity index (χ0) is 9.68. The number of rotatable bonds is 2. The number of nitrogens with zero attached hydrogens (tertiary/aromatic N) is 1. The van der Waals surface area contributed by atoms with Gasteiger partial charge in [-0.1, -0.05) is 18.2 Å². The van der Waals surface area contributed by atoms with Gasteiger partial charge < -0.3 is 0 Å². The molecule has 13 heavy (non-hydrogen) atoms. The Hall–Kier alpha value is -1.37. The highest BCUT2D eigenvalue weighted by Crippen LogP contribution is 2.13. The second-order valence-corrected chi connectivity index (χ2v) is 2.91. The van der Waals surface area contributed by atoms with E-state index in [9.17, 15) is 0 Å². The van der Waals surface area contributed by atoms with Gasteiger partial charge in [0.05, 0.1) is 0 Å². The molecule has 1 heteroatoms. The third kappa shape index (κ3) is 2.28. The number of allylic oxidation sites excluding steroid dienone is 1. The summed E-state index contributed by atoms with van der Waals surface area (Å²) in [5.74, 6) is 0. The fourth-order valence-electron chi connectivity index (χ4n) is 1.32. The molecule has 68 valence electrons. The first-order valence-corrected chi connectivity index (χ1v) is 4.53. The monoisotopic (exact) mass is 174 g/mol. The Morgan fingerprint density at radius 3 is 2.23 bits per heavy atom. The molecule has 0 spiro atoms. The van der Waals surface area contributed by atoms with E-state index < -0.39 is 0 Å². The molecule has 0 aliphatic rings. The summed E-state index contributed by atoms with van der Waals surface area (Å²) in [6, 6.07) is 10.4. The first-order valence-electron chi connectivity index (χ1n) is 4.53. The lowest BCUT2D eigenvalue weighted by Crippen LogP contribution is -2.03. The Kier molecular flexibility index (Phi) is 3.44. The molecule has 0 aromatic heterocycles. The Morgan fingerprint density at radius 1 is 1.15 bits per heavy atom. The second kappa shape index (κ2) is 4.61. The van der Waals surface area contributed by atoms with Crippen molar-refractivity contribution in [1.29, 1.82) is 0 Å². The number of hydrogen-bond acceptors (Lipinski definition) is 0. The van der Waals surface area contributed by atoms with Crippen LogP contribution in [-0.4, -0.2) is 17.8 Å². The molecule has 0 amide bonds. The third-order valence-electron chi connectivity index (χ3n) is 2.11. The van der Waals surface area contributed by atoms with E-state index in [0.29, 0.717) is 0 Å². The van der Waals surface area contributed by atoms with E-state index in [1.165, 1.54) is 11.3 Å². The van der Waals surface area contributed by atoms with Crippen molar-refractivity contribution in [3.63, 3.8) is 0 Å². The Balaban J connectivity index is 3.07. The SMILES string of the molecule is CC=[N+](C)/C(=C\C)c1ccccc1. The van der Waals surface area contributed by atoms with E-state index in [-0.39, 0.29) is 0 Å². The topological polar surface area (TPSA) is 3.01 Å². The Morgan fingerprint density at radius 2 is 1.77 bits per heavy atom. The molecule has 1 aromatic rings. The molecule has 0 saturated carbocycles. The minimum atomic E-state index is 1.24. The summed E-state index contributed by atoms with van der Waals surface area (Å²) in [6.07, 6.45) is 4.18. The normalized spacial score (nSPS) is 13.2. The Labute approximate surface area is 80.0 Å². The molecule has 1 rings (SSSR count). The summed E-state index contributed by atoms with van der Waals surface area (Å²) in [5, 5.41) is 0. The molecule has 0 atom stereocenters. The maximum atomic E-state index is 2.12. The van der Waals surface area contributed by atoms with Crippen molar-refractivity contribution in [2.45, 2.75) is 13.8 Å². The maximum Gasteiger partial charge on any atom is 0.207 e. The van der Waals surface area contributed by atoms with Crippen molar-refractivity contribution in [2.75, 3.05) is 7.05 Å². The van der Waals surface area contributed by atoms with Gasteiger partial charge in [-0.2, -0.15) is 0 Å². The smallest absolute Gasteiger partial charge is 0.205 e. The molecule has 1 aromatic carbocycles. The van der Waals surface area contributed by atoms with Crippen LogP contribution >= 0.6 is 0 Å². The van der Waals surface area contributed by atoms with Gasteiger partial charge in [-0.25, -0.2) is 4.58 Å². The largest absolute Gasteiger partial charge is 0.207 e. The van der Waals surface area contributed by atoms with Crippen LogP contribution in [0.4, 0.5) is 0 Å². The summed E-state index contributed by atoms with van der Waals surface area (Å²) < 4.78 is 2.12. The van der Waals surface area contributed by atoms with Crippen molar-refractivity contribution in [3.05, 3.63) is 42.0 Å². The van der Waals surface area contributed by atoms with Crippen LogP contribution in [0.25, 0.3) is 5.70 Å². The first kappa shape index (κ1) is 9.72. The van der Waals surface area contributed by atoms with Gasteiger partial charge in [-0.15, -0.1) is 0 Å². The lowest BCUT2D eigenvalue weighted by molar-refractivity contribution is -0.390. The molecule has 1 nitrogen and oxygen atoms in total. The molecular weight excluding hydrogens is 158 g/mol. The van der Waals surface area contributed by atoms with Gasteiger partial charge in [0.25, 0.3) is 0 Å². The first-order chi connectivity index (χ1) is 6.29. The minimum absolute atomic E-state index is 1.24. The highest BCUT2D eigenvalue weighted by atomic mass is 15.0. The van der Waals surface area contributed by atoms with E-state index in [4.69, 9.17) is 0 Å². The zero-order valence-electron chi connectivity index (χ0n) is 8.49. The summed E-state index contributed by atoms with van der Waals surface area (Å²) >= 11 is 0. The molecule has 0 fully saturated rings. The van der Waals surface area contributed by atoms with Crippen LogP contribution in [0.15, 0.2) is 36.4 Å². The molecule has 0 aliphatic carbocycles. The van der Waals surface area contributed by atoms with Crippen molar-refractivity contribution < 1.29 is 4.58 Å². The highest BCUT2D eigenvalue weighted by Gasteiger charge is 2.07. The minimum Gasteiger partial charge on any atom is -0.205 e. The molecule has 0 heterocycles. The summed E-state index contributed by atoms with van der Waals surface area (Å²) in [4.78, 5) is 0. The van der Waals surface area contributed by atoms with Crippen molar-refractivity contribution >= 4 is 11.9 Å². The summed E-state index contributed by atoms with van der Waals surface area (Å²) in [7, 11) is 2.06. The number of benzene rings is 1. The van der Waals surface area contributed by atoms with Crippen LogP contribution in [0, 0.1) is 0 Å². The highest BCUT2D eigenvalue weighted by molar-refractivity contribution is 5.62. The quantitative estimate of drug-likeness (QED) is 0.479. The standard InChI is InChI=1S/C12H16N/c1-4-12(13(3)5-2)11-9-7-6-8-10-11/h4-10H,1-3H3/q+1/b12-4-,13-5?. The zero-order valence-corrected chi connectivity index (χ0v) is 8.49. The molecule has 0 N–H and O–H groups in total. The van der Waals surface area contributed by atoms with Gasteiger partial charge in [0.15, 0.2) is 0 Å². The van der Waals surface area contributed by atoms with Gasteiger partial charge in [0.1, 0.15) is 13.3 Å². The van der Waals surface area contributed by atoms with E-state index in [1.54, 1.807) is 0 Å². The van der Waals surface area contributed by atoms with Gasteiger partial charge in [0, 0.05) is 12.5 Å². The molecule has 0 bridgehead atoms. The maximum absolute atomic E-state index is 2.12. The van der Waals surface area contributed by atoms with E-state index in [0.717, 1.165) is 0 Å². The lowest BCUT2D eigenvalue weighted by atomic mass is 10.1. The van der Waals surface area contributed by atoms with E-state index in [1.807, 2.05) is 13.0 Å². The third-order valence-corrected chi connectivity index (χ3v) is 2.11. The van der Waals surface area contributed by atoms with Crippen LogP contribution in [0.2, 0.25) is 0 Å². The predicted molar refractivity (Wildman–Crippen MR) is 58.0 cm³/mol. The average Bonchev–Trinajstić information content (AvgIpc) is 2.20. The van der Waals surface area contributed by atoms with Crippen LogP contribution in [0.3, 0.4) is 0 Å². The summed E-state index contributed by atoms with van der Waals surface area (Å²) in [5.41, 5.74) is 2.49. The van der Waals surface area contributed by atoms with E-state index >= 15 is 0 Å². The van der Waals surface area contributed by atoms with Crippen molar-refractivity contribution in [1.82, 2.24) is 0 Å². The molecule has 0 radical (unpaired) electrons. The fourth-order valence-corrected chi connectivity index (χ4v) is 1.32. The fraction of sp³-hybridized carbons (Fsp3) is 0.250. The van der Waals surface area contributed by atoms with E-state index in [2.05, 4.69) is 55.1 Å². The molecular formula is C12H16N+. The van der Waals surface area contributed by atoms with Crippen LogP contribution in [-0.2, 0) is 0 Å². The van der Waals surface area contributed by atoms with Crippen LogP contribution in [0.1, 0.15) is 19.4 Å². The molecule has 0 unspecified atom stereocenters. The van der Waals surface area contributed by atoms with Crippen LogP contribution in [0.5, 0.6) is 0 Å². The molecule has 0 aliphatic heterocycles. The predicted octanol–water partition coefficient (Wildman–Crippen LogP) is 2.78. The Bertz CT molecular complexity index is 320. The van der Waals surface area contributed by atoms with Crippen molar-refractivity contribution in [2.24, 2.45) is 0 Å². The van der Waals surface area contributed by atoms with Gasteiger partial charge in [-0.3, -0.25) is 0 Å². The van der Waals surface area contributed by atoms with Gasteiger partial charge >= 0.3 is 0 Å². The van der Waals surface area contributed by atoms with Crippen LogP contribution < -0.4 is 0 Å². The lowest BCUT2D eigenvalue weighted by Gasteiger charge is -2.00.